The zero-order chi connectivity index (χ0) is 16.5. The van der Waals surface area contributed by atoms with Crippen LogP contribution in [0.3, 0.4) is 0 Å². The van der Waals surface area contributed by atoms with Crippen molar-refractivity contribution in [1.29, 1.82) is 0 Å². The van der Waals surface area contributed by atoms with Gasteiger partial charge in [-0.25, -0.2) is 0 Å². The van der Waals surface area contributed by atoms with Crippen molar-refractivity contribution >= 4 is 11.6 Å². The van der Waals surface area contributed by atoms with Gasteiger partial charge >= 0.3 is 0 Å². The van der Waals surface area contributed by atoms with Crippen molar-refractivity contribution in [1.82, 2.24) is 5.32 Å². The number of alkyl halides is 1. The Hall–Kier alpha value is -1.55. The maximum Gasteiger partial charge on any atom is 0.119 e. The van der Waals surface area contributed by atoms with E-state index < -0.39 is 6.10 Å². The molecule has 0 saturated carbocycles. The number of aliphatic hydroxyl groups excluding tert-OH is 1. The SMILES string of the molecule is CC(NCCCCl)C(O)c1ccc(OCc2ccccc2)cc1. The summed E-state index contributed by atoms with van der Waals surface area (Å²) in [4.78, 5) is 0. The molecule has 4 heteroatoms. The summed E-state index contributed by atoms with van der Waals surface area (Å²) in [6.07, 6.45) is 0.346. The van der Waals surface area contributed by atoms with Crippen LogP contribution in [0.1, 0.15) is 30.6 Å². The third-order valence-corrected chi connectivity index (χ3v) is 3.99. The number of hydrogen-bond acceptors (Lipinski definition) is 3. The molecule has 0 bridgehead atoms. The van der Waals surface area contributed by atoms with Gasteiger partial charge in [0.15, 0.2) is 0 Å². The molecule has 0 heterocycles. The zero-order valence-corrected chi connectivity index (χ0v) is 14.2. The Morgan fingerprint density at radius 1 is 1.09 bits per heavy atom. The quantitative estimate of drug-likeness (QED) is 0.540. The molecule has 2 N–H and O–H groups in total. The van der Waals surface area contributed by atoms with Crippen molar-refractivity contribution < 1.29 is 9.84 Å². The molecule has 0 spiro atoms. The van der Waals surface area contributed by atoms with Crippen LogP contribution in [0.4, 0.5) is 0 Å². The highest BCUT2D eigenvalue weighted by atomic mass is 35.5. The van der Waals surface area contributed by atoms with Crippen molar-refractivity contribution in [2.45, 2.75) is 32.1 Å². The molecule has 0 aromatic heterocycles. The van der Waals surface area contributed by atoms with Gasteiger partial charge in [-0.2, -0.15) is 0 Å². The minimum atomic E-state index is -0.548. The largest absolute Gasteiger partial charge is 0.489 e. The summed E-state index contributed by atoms with van der Waals surface area (Å²) < 4.78 is 5.75. The van der Waals surface area contributed by atoms with Gasteiger partial charge < -0.3 is 15.2 Å². The predicted molar refractivity (Wildman–Crippen MR) is 95.0 cm³/mol. The highest BCUT2D eigenvalue weighted by Gasteiger charge is 2.15. The summed E-state index contributed by atoms with van der Waals surface area (Å²) in [7, 11) is 0. The Balaban J connectivity index is 1.86. The van der Waals surface area contributed by atoms with E-state index in [1.165, 1.54) is 0 Å². The van der Waals surface area contributed by atoms with Crippen LogP contribution in [0.2, 0.25) is 0 Å². The van der Waals surface area contributed by atoms with Gasteiger partial charge in [-0.05, 0) is 43.1 Å². The molecule has 0 aliphatic rings. The van der Waals surface area contributed by atoms with Crippen LogP contribution in [0.25, 0.3) is 0 Å². The van der Waals surface area contributed by atoms with Crippen molar-refractivity contribution in [3.63, 3.8) is 0 Å². The topological polar surface area (TPSA) is 41.5 Å². The molecule has 0 aliphatic carbocycles. The molecule has 0 radical (unpaired) electrons. The van der Waals surface area contributed by atoms with E-state index in [1.807, 2.05) is 61.5 Å². The van der Waals surface area contributed by atoms with Crippen LogP contribution in [0, 0.1) is 0 Å². The van der Waals surface area contributed by atoms with E-state index >= 15 is 0 Å². The highest BCUT2D eigenvalue weighted by molar-refractivity contribution is 6.17. The van der Waals surface area contributed by atoms with Gasteiger partial charge in [-0.1, -0.05) is 42.5 Å². The number of rotatable bonds is 9. The molecule has 0 aliphatic heterocycles. The van der Waals surface area contributed by atoms with E-state index in [2.05, 4.69) is 5.32 Å². The lowest BCUT2D eigenvalue weighted by molar-refractivity contribution is 0.136. The summed E-state index contributed by atoms with van der Waals surface area (Å²) in [5.41, 5.74) is 2.01. The van der Waals surface area contributed by atoms with Crippen molar-refractivity contribution in [2.75, 3.05) is 12.4 Å². The second-order valence-corrected chi connectivity index (χ2v) is 5.95. The normalized spacial score (nSPS) is 13.5. The molecule has 2 aromatic carbocycles. The molecule has 2 rings (SSSR count). The first-order chi connectivity index (χ1) is 11.2. The fourth-order valence-electron chi connectivity index (χ4n) is 2.30. The van der Waals surface area contributed by atoms with Crippen molar-refractivity contribution in [3.05, 3.63) is 65.7 Å². The third-order valence-electron chi connectivity index (χ3n) is 3.72. The second kappa shape index (κ2) is 9.56. The summed E-state index contributed by atoms with van der Waals surface area (Å²) in [5.74, 6) is 1.43. The van der Waals surface area contributed by atoms with Gasteiger partial charge in [0.05, 0.1) is 6.10 Å². The van der Waals surface area contributed by atoms with Crippen molar-refractivity contribution in [3.8, 4) is 5.75 Å². The van der Waals surface area contributed by atoms with Gasteiger partial charge in [0.1, 0.15) is 12.4 Å². The lowest BCUT2D eigenvalue weighted by Crippen LogP contribution is -2.33. The number of ether oxygens (including phenoxy) is 1. The second-order valence-electron chi connectivity index (χ2n) is 5.57. The number of halogens is 1. The molecule has 124 valence electrons. The van der Waals surface area contributed by atoms with Crippen LogP contribution in [0.5, 0.6) is 5.75 Å². The molecule has 0 fully saturated rings. The Morgan fingerprint density at radius 2 is 1.78 bits per heavy atom. The molecular weight excluding hydrogens is 310 g/mol. The van der Waals surface area contributed by atoms with E-state index in [9.17, 15) is 5.11 Å². The Bertz CT molecular complexity index is 559. The molecule has 2 atom stereocenters. The smallest absolute Gasteiger partial charge is 0.119 e. The first-order valence-electron chi connectivity index (χ1n) is 7.95. The first-order valence-corrected chi connectivity index (χ1v) is 8.48. The third kappa shape index (κ3) is 5.87. The number of nitrogens with one attached hydrogen (secondary N) is 1. The lowest BCUT2D eigenvalue weighted by atomic mass is 10.0. The zero-order valence-electron chi connectivity index (χ0n) is 13.4. The number of hydrogen-bond donors (Lipinski definition) is 2. The minimum absolute atomic E-state index is 0.0192. The van der Waals surface area contributed by atoms with E-state index in [0.717, 1.165) is 29.8 Å². The average molecular weight is 334 g/mol. The molecule has 0 saturated heterocycles. The summed E-state index contributed by atoms with van der Waals surface area (Å²) in [5, 5.41) is 13.6. The average Bonchev–Trinajstić information content (AvgIpc) is 2.61. The maximum absolute atomic E-state index is 10.4. The standard InChI is InChI=1S/C19H24ClNO2/c1-15(21-13-5-12-20)19(22)17-8-10-18(11-9-17)23-14-16-6-3-2-4-7-16/h2-4,6-11,15,19,21-22H,5,12-14H2,1H3. The van der Waals surface area contributed by atoms with Gasteiger partial charge in [0.2, 0.25) is 0 Å². The lowest BCUT2D eigenvalue weighted by Gasteiger charge is -2.20. The molecular formula is C19H24ClNO2. The van der Waals surface area contributed by atoms with Crippen LogP contribution >= 0.6 is 11.6 Å². The van der Waals surface area contributed by atoms with Crippen LogP contribution in [-0.2, 0) is 6.61 Å². The van der Waals surface area contributed by atoms with E-state index in [0.29, 0.717) is 12.5 Å². The van der Waals surface area contributed by atoms with Gasteiger partial charge in [0.25, 0.3) is 0 Å². The summed E-state index contributed by atoms with van der Waals surface area (Å²) >= 11 is 5.66. The molecule has 2 unspecified atom stereocenters. The Kier molecular flexibility index (Phi) is 7.40. The molecule has 0 amide bonds. The van der Waals surface area contributed by atoms with Crippen LogP contribution in [-0.4, -0.2) is 23.6 Å². The number of aliphatic hydroxyl groups is 1. The van der Waals surface area contributed by atoms with Crippen molar-refractivity contribution in [2.24, 2.45) is 0 Å². The van der Waals surface area contributed by atoms with E-state index in [4.69, 9.17) is 16.3 Å². The van der Waals surface area contributed by atoms with E-state index in [-0.39, 0.29) is 6.04 Å². The van der Waals surface area contributed by atoms with E-state index in [1.54, 1.807) is 0 Å². The minimum Gasteiger partial charge on any atom is -0.489 e. The summed E-state index contributed by atoms with van der Waals surface area (Å²) in [6.45, 7) is 3.32. The molecule has 2 aromatic rings. The van der Waals surface area contributed by atoms with Gasteiger partial charge in [-0.3, -0.25) is 0 Å². The maximum atomic E-state index is 10.4. The first kappa shape index (κ1) is 17.8. The Morgan fingerprint density at radius 3 is 2.43 bits per heavy atom. The molecule has 3 nitrogen and oxygen atoms in total. The highest BCUT2D eigenvalue weighted by Crippen LogP contribution is 2.21. The Labute approximate surface area is 143 Å². The monoisotopic (exact) mass is 333 g/mol. The van der Waals surface area contributed by atoms with Gasteiger partial charge in [-0.15, -0.1) is 11.6 Å². The summed E-state index contributed by atoms with van der Waals surface area (Å²) in [6, 6.07) is 17.6. The van der Waals surface area contributed by atoms with Crippen LogP contribution < -0.4 is 10.1 Å². The molecule has 23 heavy (non-hydrogen) atoms. The fourth-order valence-corrected chi connectivity index (χ4v) is 2.43. The van der Waals surface area contributed by atoms with Gasteiger partial charge in [0, 0.05) is 11.9 Å². The predicted octanol–water partition coefficient (Wildman–Crippen LogP) is 3.91. The van der Waals surface area contributed by atoms with Crippen LogP contribution in [0.15, 0.2) is 54.6 Å². The number of benzene rings is 2. The fraction of sp³-hybridized carbons (Fsp3) is 0.368.